The van der Waals surface area contributed by atoms with E-state index in [-0.39, 0.29) is 11.7 Å². The molecule has 0 aliphatic rings. The first-order chi connectivity index (χ1) is 8.79. The minimum atomic E-state index is -0.261. The van der Waals surface area contributed by atoms with E-state index in [4.69, 9.17) is 0 Å². The van der Waals surface area contributed by atoms with Crippen LogP contribution < -0.4 is 5.32 Å². The van der Waals surface area contributed by atoms with Crippen molar-refractivity contribution in [3.63, 3.8) is 0 Å². The number of rotatable bonds is 6. The van der Waals surface area contributed by atoms with Gasteiger partial charge in [0.25, 0.3) is 5.91 Å². The van der Waals surface area contributed by atoms with Crippen LogP contribution in [0.3, 0.4) is 0 Å². The number of carbonyl (C=O) groups is 1. The minimum absolute atomic E-state index is 0.187. The molecule has 0 aliphatic heterocycles. The number of aryl methyl sites for hydroxylation is 2. The monoisotopic (exact) mass is 249 g/mol. The summed E-state index contributed by atoms with van der Waals surface area (Å²) >= 11 is 0. The molecule has 96 valence electrons. The molecule has 8 nitrogen and oxygen atoms in total. The van der Waals surface area contributed by atoms with Crippen LogP contribution in [0, 0.1) is 0 Å². The predicted octanol–water partition coefficient (Wildman–Crippen LogP) is -0.152. The second-order valence-corrected chi connectivity index (χ2v) is 3.75. The van der Waals surface area contributed by atoms with Crippen LogP contribution in [0.5, 0.6) is 0 Å². The lowest BCUT2D eigenvalue weighted by atomic mass is 10.3. The summed E-state index contributed by atoms with van der Waals surface area (Å²) in [6, 6.07) is 0. The van der Waals surface area contributed by atoms with Gasteiger partial charge in [0.05, 0.1) is 0 Å². The van der Waals surface area contributed by atoms with E-state index in [1.807, 2.05) is 6.92 Å². The number of nitrogens with zero attached hydrogens (tertiary/aromatic N) is 4. The Morgan fingerprint density at radius 3 is 2.94 bits per heavy atom. The number of carbonyl (C=O) groups excluding carboxylic acids is 1. The number of hydrogen-bond acceptors (Lipinski definition) is 5. The van der Waals surface area contributed by atoms with Gasteiger partial charge in [0.1, 0.15) is 18.0 Å². The van der Waals surface area contributed by atoms with E-state index in [1.165, 1.54) is 6.33 Å². The van der Waals surface area contributed by atoms with E-state index in [2.05, 4.69) is 35.7 Å². The largest absolute Gasteiger partial charge is 0.349 e. The summed E-state index contributed by atoms with van der Waals surface area (Å²) in [6.45, 7) is 2.50. The van der Waals surface area contributed by atoms with E-state index in [0.29, 0.717) is 12.4 Å². The number of hydrogen-bond donors (Lipinski definition) is 3. The van der Waals surface area contributed by atoms with Crippen molar-refractivity contribution in [2.75, 3.05) is 6.54 Å². The predicted molar refractivity (Wildman–Crippen MR) is 62.8 cm³/mol. The van der Waals surface area contributed by atoms with Gasteiger partial charge in [0, 0.05) is 19.4 Å². The topological polar surface area (TPSA) is 112 Å². The van der Waals surface area contributed by atoms with Crippen LogP contribution in [-0.4, -0.2) is 42.8 Å². The third-order valence-corrected chi connectivity index (χ3v) is 2.41. The average Bonchev–Trinajstić information content (AvgIpc) is 3.05. The fourth-order valence-corrected chi connectivity index (χ4v) is 1.44. The third kappa shape index (κ3) is 3.12. The Morgan fingerprint density at radius 2 is 2.28 bits per heavy atom. The van der Waals surface area contributed by atoms with Crippen LogP contribution in [0.15, 0.2) is 6.33 Å². The minimum Gasteiger partial charge on any atom is -0.349 e. The Balaban J connectivity index is 1.71. The zero-order valence-corrected chi connectivity index (χ0v) is 10.1. The molecule has 8 heteroatoms. The summed E-state index contributed by atoms with van der Waals surface area (Å²) in [4.78, 5) is 19.7. The van der Waals surface area contributed by atoms with Crippen molar-refractivity contribution in [3.05, 3.63) is 23.8 Å². The van der Waals surface area contributed by atoms with Crippen molar-refractivity contribution in [3.8, 4) is 0 Å². The maximum Gasteiger partial charge on any atom is 0.290 e. The Kier molecular flexibility index (Phi) is 4.00. The second kappa shape index (κ2) is 5.89. The van der Waals surface area contributed by atoms with E-state index in [1.54, 1.807) is 0 Å². The van der Waals surface area contributed by atoms with Crippen molar-refractivity contribution >= 4 is 5.91 Å². The van der Waals surface area contributed by atoms with E-state index in [9.17, 15) is 4.79 Å². The SMILES string of the molecule is CCc1nc(C(=O)NCCCc2ncn[nH]2)n[nH]1. The molecule has 0 bridgehead atoms. The Bertz CT molecular complexity index is 490. The molecule has 2 aromatic heterocycles. The summed E-state index contributed by atoms with van der Waals surface area (Å²) < 4.78 is 0. The van der Waals surface area contributed by atoms with Gasteiger partial charge >= 0.3 is 0 Å². The molecule has 2 rings (SSSR count). The summed E-state index contributed by atoms with van der Waals surface area (Å²) in [5.74, 6) is 1.45. The lowest BCUT2D eigenvalue weighted by Gasteiger charge is -2.00. The van der Waals surface area contributed by atoms with Crippen molar-refractivity contribution in [1.29, 1.82) is 0 Å². The molecule has 0 spiro atoms. The van der Waals surface area contributed by atoms with Crippen LogP contribution >= 0.6 is 0 Å². The molecule has 0 aromatic carbocycles. The van der Waals surface area contributed by atoms with Crippen LogP contribution in [-0.2, 0) is 12.8 Å². The molecule has 2 aromatic rings. The smallest absolute Gasteiger partial charge is 0.290 e. The quantitative estimate of drug-likeness (QED) is 0.616. The fraction of sp³-hybridized carbons (Fsp3) is 0.500. The van der Waals surface area contributed by atoms with Gasteiger partial charge in [0.2, 0.25) is 5.82 Å². The summed E-state index contributed by atoms with van der Waals surface area (Å²) in [5, 5.41) is 15.8. The molecular weight excluding hydrogens is 234 g/mol. The van der Waals surface area contributed by atoms with Crippen LogP contribution in [0.25, 0.3) is 0 Å². The zero-order valence-electron chi connectivity index (χ0n) is 10.1. The molecule has 0 saturated heterocycles. The van der Waals surface area contributed by atoms with Gasteiger partial charge in [-0.1, -0.05) is 6.92 Å². The van der Waals surface area contributed by atoms with Gasteiger partial charge in [-0.05, 0) is 6.42 Å². The molecule has 2 heterocycles. The van der Waals surface area contributed by atoms with Crippen molar-refractivity contribution in [2.24, 2.45) is 0 Å². The van der Waals surface area contributed by atoms with Crippen molar-refractivity contribution in [1.82, 2.24) is 35.7 Å². The zero-order chi connectivity index (χ0) is 12.8. The van der Waals surface area contributed by atoms with Gasteiger partial charge < -0.3 is 5.32 Å². The van der Waals surface area contributed by atoms with Crippen molar-refractivity contribution < 1.29 is 4.79 Å². The molecule has 0 saturated carbocycles. The van der Waals surface area contributed by atoms with Gasteiger partial charge in [-0.3, -0.25) is 15.0 Å². The second-order valence-electron chi connectivity index (χ2n) is 3.75. The Labute approximate surface area is 104 Å². The van der Waals surface area contributed by atoms with Crippen molar-refractivity contribution in [2.45, 2.75) is 26.2 Å². The number of amides is 1. The normalized spacial score (nSPS) is 10.5. The van der Waals surface area contributed by atoms with Gasteiger partial charge in [-0.25, -0.2) is 9.97 Å². The molecule has 0 fully saturated rings. The first-order valence-electron chi connectivity index (χ1n) is 5.83. The summed E-state index contributed by atoms with van der Waals surface area (Å²) in [5.41, 5.74) is 0. The maximum absolute atomic E-state index is 11.6. The number of aromatic amines is 2. The van der Waals surface area contributed by atoms with Crippen LogP contribution in [0.4, 0.5) is 0 Å². The highest BCUT2D eigenvalue weighted by molar-refractivity contribution is 5.90. The molecule has 18 heavy (non-hydrogen) atoms. The highest BCUT2D eigenvalue weighted by atomic mass is 16.2. The first kappa shape index (κ1) is 12.2. The number of aromatic nitrogens is 6. The number of nitrogens with one attached hydrogen (secondary N) is 3. The van der Waals surface area contributed by atoms with E-state index in [0.717, 1.165) is 25.1 Å². The standard InChI is InChI=1S/C10H15N7O/c1-2-7-14-9(17-16-7)10(18)11-5-3-4-8-12-6-13-15-8/h6H,2-5H2,1H3,(H,11,18)(H,12,13,15)(H,14,16,17). The Hall–Kier alpha value is -2.25. The molecule has 0 unspecified atom stereocenters. The molecule has 3 N–H and O–H groups in total. The molecule has 0 radical (unpaired) electrons. The highest BCUT2D eigenvalue weighted by Crippen LogP contribution is 1.95. The highest BCUT2D eigenvalue weighted by Gasteiger charge is 2.10. The van der Waals surface area contributed by atoms with Crippen LogP contribution in [0.2, 0.25) is 0 Å². The first-order valence-corrected chi connectivity index (χ1v) is 5.83. The lowest BCUT2D eigenvalue weighted by Crippen LogP contribution is -2.26. The Morgan fingerprint density at radius 1 is 1.39 bits per heavy atom. The molecule has 1 amide bonds. The lowest BCUT2D eigenvalue weighted by molar-refractivity contribution is 0.0943. The fourth-order valence-electron chi connectivity index (χ4n) is 1.44. The molecular formula is C10H15N7O. The summed E-state index contributed by atoms with van der Waals surface area (Å²) in [7, 11) is 0. The van der Waals surface area contributed by atoms with E-state index >= 15 is 0 Å². The van der Waals surface area contributed by atoms with E-state index < -0.39 is 0 Å². The third-order valence-electron chi connectivity index (χ3n) is 2.41. The van der Waals surface area contributed by atoms with Crippen LogP contribution in [0.1, 0.15) is 35.6 Å². The maximum atomic E-state index is 11.6. The molecule has 0 atom stereocenters. The number of H-pyrrole nitrogens is 2. The summed E-state index contributed by atoms with van der Waals surface area (Å²) in [6.07, 6.45) is 3.72. The molecule has 0 aliphatic carbocycles. The van der Waals surface area contributed by atoms with Gasteiger partial charge in [0.15, 0.2) is 0 Å². The van der Waals surface area contributed by atoms with Gasteiger partial charge in [-0.15, -0.1) is 5.10 Å². The van der Waals surface area contributed by atoms with Gasteiger partial charge in [-0.2, -0.15) is 5.10 Å². The average molecular weight is 249 g/mol.